The highest BCUT2D eigenvalue weighted by atomic mass is 35.5. The second-order valence-corrected chi connectivity index (χ2v) is 14.7. The first-order chi connectivity index (χ1) is 24.8. The molecule has 0 atom stereocenters. The third-order valence-corrected chi connectivity index (χ3v) is 10.6. The highest BCUT2D eigenvalue weighted by molar-refractivity contribution is 6.34. The molecule has 0 saturated carbocycles. The van der Waals surface area contributed by atoms with Gasteiger partial charge in [0.2, 0.25) is 11.9 Å². The van der Waals surface area contributed by atoms with Gasteiger partial charge in [-0.15, -0.1) is 0 Å². The molecule has 15 heteroatoms. The number of piperidine rings is 1. The van der Waals surface area contributed by atoms with Gasteiger partial charge in [0.1, 0.15) is 0 Å². The van der Waals surface area contributed by atoms with E-state index in [1.165, 1.54) is 16.8 Å². The number of pyridine rings is 1. The van der Waals surface area contributed by atoms with E-state index in [1.54, 1.807) is 43.3 Å². The number of carbonyl (C=O) groups excluding carboxylic acids is 3. The average Bonchev–Trinajstić information content (AvgIpc) is 3.64. The summed E-state index contributed by atoms with van der Waals surface area (Å²) in [4.78, 5) is 51.9. The zero-order valence-corrected chi connectivity index (χ0v) is 31.3. The molecule has 1 aromatic carbocycles. The summed E-state index contributed by atoms with van der Waals surface area (Å²) in [6.45, 7) is 8.63. The summed E-state index contributed by atoms with van der Waals surface area (Å²) in [6, 6.07) is 8.05. The third kappa shape index (κ3) is 7.59. The molecule has 2 aliphatic heterocycles. The van der Waals surface area contributed by atoms with Crippen molar-refractivity contribution in [2.24, 2.45) is 13.0 Å². The molecular weight excluding hydrogens is 689 g/mol. The zero-order valence-electron chi connectivity index (χ0n) is 30.6. The molecule has 0 spiro atoms. The van der Waals surface area contributed by atoms with Crippen LogP contribution >= 0.6 is 11.6 Å². The van der Waals surface area contributed by atoms with Crippen molar-refractivity contribution in [1.82, 2.24) is 34.1 Å². The van der Waals surface area contributed by atoms with Crippen molar-refractivity contribution < 1.29 is 28.0 Å². The van der Waals surface area contributed by atoms with Crippen molar-refractivity contribution in [3.8, 4) is 22.5 Å². The molecule has 0 unspecified atom stereocenters. The van der Waals surface area contributed by atoms with Crippen LogP contribution in [0, 0.1) is 25.7 Å². The normalized spacial score (nSPS) is 16.3. The molecule has 5 heterocycles. The number of methoxy groups -OCH3 is 1. The maximum Gasteiger partial charge on any atom is 0.291 e. The van der Waals surface area contributed by atoms with Crippen LogP contribution in [0.4, 0.5) is 10.1 Å². The summed E-state index contributed by atoms with van der Waals surface area (Å²) in [7, 11) is 7.64. The van der Waals surface area contributed by atoms with Gasteiger partial charge in [0, 0.05) is 76.0 Å². The van der Waals surface area contributed by atoms with Crippen molar-refractivity contribution in [3.05, 3.63) is 70.3 Å². The van der Waals surface area contributed by atoms with Gasteiger partial charge in [-0.05, 0) is 44.2 Å². The van der Waals surface area contributed by atoms with Crippen LogP contribution in [-0.2, 0) is 23.1 Å². The number of quaternary nitrogens is 1. The molecule has 0 bridgehead atoms. The largest absolute Gasteiger partial charge is 0.383 e. The summed E-state index contributed by atoms with van der Waals surface area (Å²) >= 11 is 6.56. The van der Waals surface area contributed by atoms with Gasteiger partial charge in [-0.2, -0.15) is 9.49 Å². The van der Waals surface area contributed by atoms with Gasteiger partial charge >= 0.3 is 0 Å². The van der Waals surface area contributed by atoms with Crippen molar-refractivity contribution in [2.75, 3.05) is 72.4 Å². The van der Waals surface area contributed by atoms with E-state index in [1.807, 2.05) is 23.4 Å². The van der Waals surface area contributed by atoms with Gasteiger partial charge in [-0.25, -0.2) is 9.97 Å². The van der Waals surface area contributed by atoms with E-state index in [2.05, 4.69) is 34.5 Å². The molecule has 52 heavy (non-hydrogen) atoms. The molecule has 0 radical (unpaired) electrons. The van der Waals surface area contributed by atoms with Crippen molar-refractivity contribution in [3.63, 3.8) is 0 Å². The summed E-state index contributed by atoms with van der Waals surface area (Å²) in [6.07, 6.45) is 3.20. The monoisotopic (exact) mass is 734 g/mol. The molecule has 3 amide bonds. The summed E-state index contributed by atoms with van der Waals surface area (Å²) < 4.78 is 24.9. The number of carbonyl (C=O) groups is 3. The Labute approximate surface area is 307 Å². The third-order valence-electron chi connectivity index (χ3n) is 10.3. The maximum absolute atomic E-state index is 15.5. The number of hydrogen-bond donors (Lipinski definition) is 1. The molecule has 0 aliphatic carbocycles. The molecule has 276 valence electrons. The molecule has 4 aromatic rings. The number of likely N-dealkylation sites (tertiary alicyclic amines) is 1. The average molecular weight is 735 g/mol. The predicted octanol–water partition coefficient (Wildman–Crippen LogP) is 4.42. The fourth-order valence-corrected chi connectivity index (χ4v) is 7.39. The van der Waals surface area contributed by atoms with E-state index in [9.17, 15) is 14.4 Å². The van der Waals surface area contributed by atoms with Crippen LogP contribution in [0.3, 0.4) is 0 Å². The van der Waals surface area contributed by atoms with Gasteiger partial charge in [0.25, 0.3) is 11.8 Å². The Bertz CT molecular complexity index is 1990. The predicted molar refractivity (Wildman–Crippen MR) is 195 cm³/mol. The SMILES string of the molecule is COCCn1nc(C)c(-c2ccc(-c3cnc(C(=O)Nc4ccc(C(=O)N5CCN(C(=O)C6CC[N+](C)(C)CC6)CC5)c(Cl)c4)n3C)c(F)n2)c1C. The number of hydrogen-bond acceptors (Lipinski definition) is 7. The van der Waals surface area contributed by atoms with Gasteiger partial charge < -0.3 is 28.9 Å². The van der Waals surface area contributed by atoms with Crippen LogP contribution in [0.1, 0.15) is 45.2 Å². The Morgan fingerprint density at radius 1 is 1.04 bits per heavy atom. The minimum absolute atomic E-state index is 0.0456. The fraction of sp³-hybridized carbons (Fsp3) is 0.459. The number of amides is 3. The minimum atomic E-state index is -0.705. The quantitative estimate of drug-likeness (QED) is 0.199. The molecule has 2 aliphatic rings. The highest BCUT2D eigenvalue weighted by Gasteiger charge is 2.35. The highest BCUT2D eigenvalue weighted by Crippen LogP contribution is 2.30. The summed E-state index contributed by atoms with van der Waals surface area (Å²) in [5, 5.41) is 7.51. The number of aryl methyl sites for hydroxylation is 1. The van der Waals surface area contributed by atoms with Crippen LogP contribution < -0.4 is 5.32 Å². The van der Waals surface area contributed by atoms with E-state index in [4.69, 9.17) is 16.3 Å². The van der Waals surface area contributed by atoms with Gasteiger partial charge in [0.05, 0.1) is 79.8 Å². The first kappa shape index (κ1) is 37.1. The molecule has 2 saturated heterocycles. The number of aromatic nitrogens is 5. The van der Waals surface area contributed by atoms with Crippen LogP contribution in [0.5, 0.6) is 0 Å². The molecular formula is C37H46ClFN9O4+. The lowest BCUT2D eigenvalue weighted by Gasteiger charge is -2.40. The first-order valence-electron chi connectivity index (χ1n) is 17.5. The minimum Gasteiger partial charge on any atom is -0.383 e. The van der Waals surface area contributed by atoms with E-state index < -0.39 is 11.9 Å². The molecule has 6 rings (SSSR count). The number of ether oxygens (including phenoxy) is 1. The topological polar surface area (TPSA) is 127 Å². The number of anilines is 1. The standard InChI is InChI=1S/C37H45ClFN9O4/c1-23-32(24(2)47(43-23)17-20-52-6)30-10-9-28(33(39)42-30)31-22-40-34(44(31)3)35(49)41-26-7-8-27(29(38)21-26)37(51)46-15-13-45(14-16-46)36(50)25-11-18-48(4,5)19-12-25/h7-10,21-22,25H,11-20H2,1-6H3/p+1. The van der Waals surface area contributed by atoms with Crippen LogP contribution in [0.2, 0.25) is 5.02 Å². The second kappa shape index (κ2) is 15.1. The van der Waals surface area contributed by atoms with Gasteiger partial charge in [-0.1, -0.05) is 11.6 Å². The Morgan fingerprint density at radius 3 is 2.38 bits per heavy atom. The molecule has 2 fully saturated rings. The molecule has 13 nitrogen and oxygen atoms in total. The number of halogens is 2. The van der Waals surface area contributed by atoms with E-state index in [-0.39, 0.29) is 34.1 Å². The Kier molecular flexibility index (Phi) is 10.8. The Hall–Kier alpha value is -4.66. The lowest BCUT2D eigenvalue weighted by molar-refractivity contribution is -0.895. The maximum atomic E-state index is 15.5. The van der Waals surface area contributed by atoms with Gasteiger partial charge in [0.15, 0.2) is 5.82 Å². The number of nitrogens with zero attached hydrogens (tertiary/aromatic N) is 8. The van der Waals surface area contributed by atoms with Crippen molar-refractivity contribution >= 4 is 35.0 Å². The smallest absolute Gasteiger partial charge is 0.291 e. The number of benzene rings is 1. The number of piperazine rings is 1. The van der Waals surface area contributed by atoms with E-state index >= 15 is 4.39 Å². The number of nitrogens with one attached hydrogen (secondary N) is 1. The molecule has 1 N–H and O–H groups in total. The van der Waals surface area contributed by atoms with Crippen molar-refractivity contribution in [1.29, 1.82) is 0 Å². The Morgan fingerprint density at radius 2 is 1.73 bits per heavy atom. The fourth-order valence-electron chi connectivity index (χ4n) is 7.12. The van der Waals surface area contributed by atoms with Gasteiger partial charge in [-0.3, -0.25) is 19.1 Å². The van der Waals surface area contributed by atoms with E-state index in [0.717, 1.165) is 47.4 Å². The summed E-state index contributed by atoms with van der Waals surface area (Å²) in [5.41, 5.74) is 4.03. The lowest BCUT2D eigenvalue weighted by Crippen LogP contribution is -2.54. The lowest BCUT2D eigenvalue weighted by atomic mass is 9.94. The number of imidazole rings is 1. The molecule has 3 aromatic heterocycles. The zero-order chi connectivity index (χ0) is 37.3. The van der Waals surface area contributed by atoms with E-state index in [0.29, 0.717) is 62.0 Å². The van der Waals surface area contributed by atoms with Crippen LogP contribution in [-0.4, -0.2) is 123 Å². The Balaban J connectivity index is 1.08. The van der Waals surface area contributed by atoms with Crippen LogP contribution in [0.25, 0.3) is 22.5 Å². The summed E-state index contributed by atoms with van der Waals surface area (Å²) in [5.74, 6) is -1.19. The first-order valence-corrected chi connectivity index (χ1v) is 17.9. The number of rotatable bonds is 9. The van der Waals surface area contributed by atoms with Crippen LogP contribution in [0.15, 0.2) is 36.5 Å². The van der Waals surface area contributed by atoms with Crippen molar-refractivity contribution in [2.45, 2.75) is 33.2 Å². The second-order valence-electron chi connectivity index (χ2n) is 14.2.